The number of nitrogen functional groups attached to an aromatic ring is 1. The lowest BCUT2D eigenvalue weighted by Crippen LogP contribution is -2.19. The summed E-state index contributed by atoms with van der Waals surface area (Å²) in [6.45, 7) is 11.4. The average molecular weight is 416 g/mol. The number of nitrogens with one attached hydrogen (secondary N) is 1. The van der Waals surface area contributed by atoms with E-state index in [1.807, 2.05) is 26.8 Å². The first-order valence-corrected chi connectivity index (χ1v) is 11.1. The third-order valence-corrected chi connectivity index (χ3v) is 4.96. The second-order valence-electron chi connectivity index (χ2n) is 7.07. The molecule has 1 fully saturated rings. The molecule has 0 saturated heterocycles. The fourth-order valence-electron chi connectivity index (χ4n) is 3.71. The summed E-state index contributed by atoms with van der Waals surface area (Å²) in [5.41, 5.74) is 13.8. The van der Waals surface area contributed by atoms with Crippen molar-refractivity contribution in [2.75, 3.05) is 18.1 Å². The zero-order valence-corrected chi connectivity index (χ0v) is 19.5. The van der Waals surface area contributed by atoms with E-state index in [1.54, 1.807) is 18.2 Å². The van der Waals surface area contributed by atoms with E-state index < -0.39 is 0 Å². The molecule has 1 aliphatic rings. The number of amides is 1. The van der Waals surface area contributed by atoms with E-state index in [-0.39, 0.29) is 11.7 Å². The zero-order valence-electron chi connectivity index (χ0n) is 19.5. The largest absolute Gasteiger partial charge is 0.398 e. The first-order valence-electron chi connectivity index (χ1n) is 11.1. The van der Waals surface area contributed by atoms with Gasteiger partial charge in [0.2, 0.25) is 5.91 Å². The van der Waals surface area contributed by atoms with Crippen LogP contribution in [-0.2, 0) is 4.79 Å². The fourth-order valence-corrected chi connectivity index (χ4v) is 3.71. The van der Waals surface area contributed by atoms with Crippen molar-refractivity contribution in [1.29, 1.82) is 0 Å². The molecule has 1 aromatic carbocycles. The van der Waals surface area contributed by atoms with Gasteiger partial charge in [-0.1, -0.05) is 58.8 Å². The first-order chi connectivity index (χ1) is 14.5. The van der Waals surface area contributed by atoms with Gasteiger partial charge in [-0.15, -0.1) is 0 Å². The number of Topliss-reactive ketones (excluding diaryl/α,β-unsaturated/α-hetero) is 1. The van der Waals surface area contributed by atoms with E-state index >= 15 is 0 Å². The van der Waals surface area contributed by atoms with Gasteiger partial charge in [0.1, 0.15) is 0 Å². The molecule has 1 amide bonds. The van der Waals surface area contributed by atoms with Gasteiger partial charge in [-0.25, -0.2) is 0 Å². The van der Waals surface area contributed by atoms with Crippen molar-refractivity contribution in [2.24, 2.45) is 11.7 Å². The van der Waals surface area contributed by atoms with Crippen LogP contribution in [0.25, 0.3) is 5.57 Å². The summed E-state index contributed by atoms with van der Waals surface area (Å²) in [6, 6.07) is 3.45. The molecule has 1 aromatic rings. The highest BCUT2D eigenvalue weighted by Crippen LogP contribution is 2.32. The normalized spacial score (nSPS) is 13.9. The molecule has 5 N–H and O–H groups in total. The molecular weight excluding hydrogens is 374 g/mol. The molecule has 5 heteroatoms. The molecule has 0 bridgehead atoms. The van der Waals surface area contributed by atoms with Crippen LogP contribution in [0.5, 0.6) is 0 Å². The lowest BCUT2D eigenvalue weighted by molar-refractivity contribution is -0.117. The smallest absolute Gasteiger partial charge is 0.224 e. The second-order valence-corrected chi connectivity index (χ2v) is 7.07. The molecule has 0 aromatic heterocycles. The van der Waals surface area contributed by atoms with Gasteiger partial charge in [-0.05, 0) is 56.9 Å². The highest BCUT2D eigenvalue weighted by molar-refractivity contribution is 6.05. The summed E-state index contributed by atoms with van der Waals surface area (Å²) < 4.78 is 0. The molecule has 1 aliphatic carbocycles. The summed E-state index contributed by atoms with van der Waals surface area (Å²) in [5.74, 6) is 0.373. The SMILES string of the molecule is C=C/C(=C\CC)c1c(N)cc(NC(=O)CC2CCCCC2)cc1C(C)=O.CC.CN. The molecule has 0 spiro atoms. The molecule has 168 valence electrons. The van der Waals surface area contributed by atoms with E-state index in [0.29, 0.717) is 34.8 Å². The Morgan fingerprint density at radius 3 is 2.27 bits per heavy atom. The van der Waals surface area contributed by atoms with Crippen LogP contribution in [0.15, 0.2) is 30.9 Å². The van der Waals surface area contributed by atoms with Crippen LogP contribution in [0.3, 0.4) is 0 Å². The number of anilines is 2. The van der Waals surface area contributed by atoms with Gasteiger partial charge in [0.05, 0.1) is 0 Å². The Bertz CT molecular complexity index is 717. The van der Waals surface area contributed by atoms with E-state index in [4.69, 9.17) is 5.73 Å². The Hall–Kier alpha value is -2.40. The quantitative estimate of drug-likeness (QED) is 0.291. The lowest BCUT2D eigenvalue weighted by atomic mass is 9.87. The van der Waals surface area contributed by atoms with E-state index in [2.05, 4.69) is 17.6 Å². The Kier molecular flexibility index (Phi) is 14.2. The fraction of sp³-hybridized carbons (Fsp3) is 0.520. The topological polar surface area (TPSA) is 98.2 Å². The van der Waals surface area contributed by atoms with E-state index in [1.165, 1.54) is 33.2 Å². The van der Waals surface area contributed by atoms with E-state index in [0.717, 1.165) is 24.8 Å². The van der Waals surface area contributed by atoms with Gasteiger partial charge in [0, 0.05) is 28.9 Å². The van der Waals surface area contributed by atoms with E-state index in [9.17, 15) is 9.59 Å². The maximum absolute atomic E-state index is 12.4. The maximum Gasteiger partial charge on any atom is 0.224 e. The molecule has 0 radical (unpaired) electrons. The molecule has 1 saturated carbocycles. The van der Waals surface area contributed by atoms with Crippen LogP contribution >= 0.6 is 0 Å². The molecule has 0 heterocycles. The van der Waals surface area contributed by atoms with Crippen LogP contribution in [0.2, 0.25) is 0 Å². The zero-order chi connectivity index (χ0) is 23.1. The molecular formula is C25H41N3O2. The Labute approximate surface area is 183 Å². The molecule has 5 nitrogen and oxygen atoms in total. The van der Waals surface area contributed by atoms with Crippen LogP contribution in [0.1, 0.15) is 88.6 Å². The number of allylic oxidation sites excluding steroid dienone is 3. The summed E-state index contributed by atoms with van der Waals surface area (Å²) in [7, 11) is 1.50. The molecule has 0 atom stereocenters. The summed E-state index contributed by atoms with van der Waals surface area (Å²) >= 11 is 0. The van der Waals surface area contributed by atoms with Gasteiger partial charge in [-0.2, -0.15) is 0 Å². The number of benzene rings is 1. The van der Waals surface area contributed by atoms with Crippen molar-refractivity contribution in [1.82, 2.24) is 0 Å². The third-order valence-electron chi connectivity index (χ3n) is 4.96. The number of rotatable bonds is 7. The molecule has 2 rings (SSSR count). The standard InChI is InChI=1S/C22H30N2O2.C2H6.CH5N/c1-4-9-17(5-2)22-19(15(3)25)13-18(14-20(22)23)24-21(26)12-16-10-7-6-8-11-16;2*1-2/h5,9,13-14,16H,2,4,6-8,10-12,23H2,1,3H3,(H,24,26);1-2H3;2H2,1H3/b17-9+;;. The van der Waals surface area contributed by atoms with Crippen molar-refractivity contribution in [3.63, 3.8) is 0 Å². The Morgan fingerprint density at radius 1 is 1.17 bits per heavy atom. The Balaban J connectivity index is 0.00000198. The summed E-state index contributed by atoms with van der Waals surface area (Å²) in [6.07, 6.45) is 11.0. The van der Waals surface area contributed by atoms with Crippen molar-refractivity contribution in [2.45, 2.75) is 72.6 Å². The highest BCUT2D eigenvalue weighted by atomic mass is 16.1. The van der Waals surface area contributed by atoms with Crippen LogP contribution in [0, 0.1) is 5.92 Å². The van der Waals surface area contributed by atoms with Crippen LogP contribution < -0.4 is 16.8 Å². The molecule has 0 aliphatic heterocycles. The second kappa shape index (κ2) is 15.4. The van der Waals surface area contributed by atoms with Crippen LogP contribution in [-0.4, -0.2) is 18.7 Å². The number of hydrogen-bond donors (Lipinski definition) is 3. The monoisotopic (exact) mass is 415 g/mol. The molecule has 30 heavy (non-hydrogen) atoms. The van der Waals surface area contributed by atoms with Crippen molar-refractivity contribution in [3.05, 3.63) is 42.0 Å². The lowest BCUT2D eigenvalue weighted by Gasteiger charge is -2.21. The average Bonchev–Trinajstić information content (AvgIpc) is 2.75. The molecule has 0 unspecified atom stereocenters. The summed E-state index contributed by atoms with van der Waals surface area (Å²) in [4.78, 5) is 24.6. The number of carbonyl (C=O) groups is 2. The third kappa shape index (κ3) is 8.54. The summed E-state index contributed by atoms with van der Waals surface area (Å²) in [5, 5.41) is 2.93. The van der Waals surface area contributed by atoms with Gasteiger partial charge < -0.3 is 16.8 Å². The number of nitrogens with two attached hydrogens (primary N) is 2. The minimum absolute atomic E-state index is 0.00778. The maximum atomic E-state index is 12.4. The highest BCUT2D eigenvalue weighted by Gasteiger charge is 2.19. The Morgan fingerprint density at radius 2 is 1.77 bits per heavy atom. The van der Waals surface area contributed by atoms with Gasteiger partial charge in [0.25, 0.3) is 0 Å². The number of hydrogen-bond acceptors (Lipinski definition) is 4. The predicted molar refractivity (Wildman–Crippen MR) is 131 cm³/mol. The minimum Gasteiger partial charge on any atom is -0.398 e. The first kappa shape index (κ1) is 27.6. The van der Waals surface area contributed by atoms with Crippen LogP contribution in [0.4, 0.5) is 11.4 Å². The van der Waals surface area contributed by atoms with Crippen molar-refractivity contribution in [3.8, 4) is 0 Å². The predicted octanol–water partition coefficient (Wildman–Crippen LogP) is 5.96. The number of carbonyl (C=O) groups excluding carboxylic acids is 2. The number of ketones is 1. The minimum atomic E-state index is -0.0843. The van der Waals surface area contributed by atoms with Crippen molar-refractivity contribution >= 4 is 28.6 Å². The van der Waals surface area contributed by atoms with Gasteiger partial charge in [0.15, 0.2) is 5.78 Å². The van der Waals surface area contributed by atoms with Gasteiger partial charge in [-0.3, -0.25) is 9.59 Å². The van der Waals surface area contributed by atoms with Gasteiger partial charge >= 0.3 is 0 Å². The van der Waals surface area contributed by atoms with Crippen molar-refractivity contribution < 1.29 is 9.59 Å².